The highest BCUT2D eigenvalue weighted by molar-refractivity contribution is 5.56. The summed E-state index contributed by atoms with van der Waals surface area (Å²) in [6.07, 6.45) is 0. The van der Waals surface area contributed by atoms with Crippen molar-refractivity contribution in [2.24, 2.45) is 23.5 Å². The summed E-state index contributed by atoms with van der Waals surface area (Å²) in [7, 11) is 0. The van der Waals surface area contributed by atoms with Gasteiger partial charge in [-0.2, -0.15) is 0 Å². The SMILES string of the molecule is CC(C)COc1ccccc1NCC(CN)C(C)C. The second kappa shape index (κ2) is 8.05. The maximum atomic E-state index is 5.83. The highest BCUT2D eigenvalue weighted by atomic mass is 16.5. The second-order valence-electron chi connectivity index (χ2n) is 5.82. The Hall–Kier alpha value is -1.22. The summed E-state index contributed by atoms with van der Waals surface area (Å²) in [6.45, 7) is 11.1. The molecule has 0 spiro atoms. The Labute approximate surface area is 117 Å². The molecule has 0 amide bonds. The normalized spacial score (nSPS) is 12.8. The van der Waals surface area contributed by atoms with E-state index < -0.39 is 0 Å². The molecule has 0 heterocycles. The molecule has 0 aliphatic carbocycles. The number of anilines is 1. The Morgan fingerprint density at radius 1 is 1.16 bits per heavy atom. The lowest BCUT2D eigenvalue weighted by Gasteiger charge is -2.21. The van der Waals surface area contributed by atoms with Crippen LogP contribution in [0, 0.1) is 17.8 Å². The standard InChI is InChI=1S/C16H28N2O/c1-12(2)11-19-16-8-6-5-7-15(16)18-10-14(9-17)13(3)4/h5-8,12-14,18H,9-11,17H2,1-4H3. The van der Waals surface area contributed by atoms with E-state index in [9.17, 15) is 0 Å². The van der Waals surface area contributed by atoms with Crippen LogP contribution in [0.25, 0.3) is 0 Å². The van der Waals surface area contributed by atoms with Gasteiger partial charge in [0.25, 0.3) is 0 Å². The van der Waals surface area contributed by atoms with Gasteiger partial charge in [-0.1, -0.05) is 39.8 Å². The van der Waals surface area contributed by atoms with Crippen molar-refractivity contribution in [1.82, 2.24) is 0 Å². The predicted molar refractivity (Wildman–Crippen MR) is 82.6 cm³/mol. The van der Waals surface area contributed by atoms with E-state index in [1.54, 1.807) is 0 Å². The van der Waals surface area contributed by atoms with Gasteiger partial charge >= 0.3 is 0 Å². The average molecular weight is 264 g/mol. The zero-order valence-corrected chi connectivity index (χ0v) is 12.6. The number of nitrogens with one attached hydrogen (secondary N) is 1. The van der Waals surface area contributed by atoms with Gasteiger partial charge in [0.1, 0.15) is 5.75 Å². The molecule has 0 saturated carbocycles. The summed E-state index contributed by atoms with van der Waals surface area (Å²) >= 11 is 0. The summed E-state index contributed by atoms with van der Waals surface area (Å²) in [5.41, 5.74) is 6.86. The van der Waals surface area contributed by atoms with Crippen LogP contribution in [0.3, 0.4) is 0 Å². The molecule has 0 saturated heterocycles. The van der Waals surface area contributed by atoms with Gasteiger partial charge in [0.15, 0.2) is 0 Å². The van der Waals surface area contributed by atoms with E-state index in [1.807, 2.05) is 18.2 Å². The summed E-state index contributed by atoms with van der Waals surface area (Å²) < 4.78 is 5.83. The van der Waals surface area contributed by atoms with Gasteiger partial charge in [0.2, 0.25) is 0 Å². The van der Waals surface area contributed by atoms with Gasteiger partial charge in [-0.3, -0.25) is 0 Å². The van der Waals surface area contributed by atoms with Crippen molar-refractivity contribution < 1.29 is 4.74 Å². The van der Waals surface area contributed by atoms with Crippen molar-refractivity contribution in [1.29, 1.82) is 0 Å². The fourth-order valence-electron chi connectivity index (χ4n) is 1.83. The fourth-order valence-corrected chi connectivity index (χ4v) is 1.83. The van der Waals surface area contributed by atoms with E-state index in [0.717, 1.165) is 24.6 Å². The first kappa shape index (κ1) is 15.8. The monoisotopic (exact) mass is 264 g/mol. The summed E-state index contributed by atoms with van der Waals surface area (Å²) in [5.74, 6) is 2.52. The van der Waals surface area contributed by atoms with Gasteiger partial charge in [-0.25, -0.2) is 0 Å². The van der Waals surface area contributed by atoms with Gasteiger partial charge in [-0.05, 0) is 36.4 Å². The molecular weight excluding hydrogens is 236 g/mol. The molecule has 3 heteroatoms. The summed E-state index contributed by atoms with van der Waals surface area (Å²) in [4.78, 5) is 0. The van der Waals surface area contributed by atoms with Crippen LogP contribution in [0.4, 0.5) is 5.69 Å². The molecule has 19 heavy (non-hydrogen) atoms. The lowest BCUT2D eigenvalue weighted by atomic mass is 9.96. The minimum absolute atomic E-state index is 0.484. The molecule has 0 aliphatic rings. The molecule has 0 aromatic heterocycles. The zero-order chi connectivity index (χ0) is 14.3. The Bertz CT molecular complexity index is 364. The molecule has 1 aromatic carbocycles. The van der Waals surface area contributed by atoms with Crippen LogP contribution in [0.5, 0.6) is 5.75 Å². The maximum Gasteiger partial charge on any atom is 0.142 e. The van der Waals surface area contributed by atoms with Gasteiger partial charge < -0.3 is 15.8 Å². The quantitative estimate of drug-likeness (QED) is 0.757. The number of hydrogen-bond acceptors (Lipinski definition) is 3. The number of rotatable bonds is 8. The Balaban J connectivity index is 2.61. The van der Waals surface area contributed by atoms with Crippen molar-refractivity contribution in [2.45, 2.75) is 27.7 Å². The number of ether oxygens (including phenoxy) is 1. The van der Waals surface area contributed by atoms with Gasteiger partial charge in [0, 0.05) is 6.54 Å². The maximum absolute atomic E-state index is 5.83. The average Bonchev–Trinajstić information content (AvgIpc) is 2.37. The Morgan fingerprint density at radius 3 is 2.42 bits per heavy atom. The van der Waals surface area contributed by atoms with Crippen molar-refractivity contribution in [3.8, 4) is 5.75 Å². The van der Waals surface area contributed by atoms with Crippen LogP contribution < -0.4 is 15.8 Å². The first-order valence-electron chi connectivity index (χ1n) is 7.20. The van der Waals surface area contributed by atoms with Crippen LogP contribution in [0.1, 0.15) is 27.7 Å². The third-order valence-corrected chi connectivity index (χ3v) is 3.26. The highest BCUT2D eigenvalue weighted by Crippen LogP contribution is 2.25. The molecule has 0 fully saturated rings. The molecule has 3 nitrogen and oxygen atoms in total. The number of nitrogens with two attached hydrogens (primary N) is 1. The zero-order valence-electron chi connectivity index (χ0n) is 12.6. The van der Waals surface area contributed by atoms with Crippen LogP contribution in [0.2, 0.25) is 0 Å². The number of benzene rings is 1. The molecule has 1 unspecified atom stereocenters. The molecule has 1 atom stereocenters. The van der Waals surface area contributed by atoms with Gasteiger partial charge in [0.05, 0.1) is 12.3 Å². The van der Waals surface area contributed by atoms with E-state index in [4.69, 9.17) is 10.5 Å². The Morgan fingerprint density at radius 2 is 1.84 bits per heavy atom. The molecule has 1 rings (SSSR count). The number of hydrogen-bond donors (Lipinski definition) is 2. The molecule has 0 bridgehead atoms. The van der Waals surface area contributed by atoms with Crippen molar-refractivity contribution in [3.05, 3.63) is 24.3 Å². The lowest BCUT2D eigenvalue weighted by molar-refractivity contribution is 0.272. The summed E-state index contributed by atoms with van der Waals surface area (Å²) in [5, 5.41) is 3.46. The molecule has 0 aliphatic heterocycles. The largest absolute Gasteiger partial charge is 0.491 e. The molecule has 108 valence electrons. The number of para-hydroxylation sites is 2. The smallest absolute Gasteiger partial charge is 0.142 e. The minimum Gasteiger partial charge on any atom is -0.491 e. The highest BCUT2D eigenvalue weighted by Gasteiger charge is 2.12. The van der Waals surface area contributed by atoms with E-state index >= 15 is 0 Å². The topological polar surface area (TPSA) is 47.3 Å². The van der Waals surface area contributed by atoms with Crippen LogP contribution >= 0.6 is 0 Å². The summed E-state index contributed by atoms with van der Waals surface area (Å²) in [6, 6.07) is 8.10. The van der Waals surface area contributed by atoms with Crippen molar-refractivity contribution >= 4 is 5.69 Å². The lowest BCUT2D eigenvalue weighted by Crippen LogP contribution is -2.27. The Kier molecular flexibility index (Phi) is 6.71. The predicted octanol–water partition coefficient (Wildman–Crippen LogP) is 3.36. The van der Waals surface area contributed by atoms with E-state index in [1.165, 1.54) is 0 Å². The van der Waals surface area contributed by atoms with Crippen molar-refractivity contribution in [3.63, 3.8) is 0 Å². The third-order valence-electron chi connectivity index (χ3n) is 3.26. The van der Waals surface area contributed by atoms with E-state index in [-0.39, 0.29) is 0 Å². The molecular formula is C16H28N2O. The molecule has 1 aromatic rings. The fraction of sp³-hybridized carbons (Fsp3) is 0.625. The van der Waals surface area contributed by atoms with Crippen LogP contribution in [-0.2, 0) is 0 Å². The van der Waals surface area contributed by atoms with Crippen LogP contribution in [0.15, 0.2) is 24.3 Å². The van der Waals surface area contributed by atoms with E-state index in [0.29, 0.717) is 24.3 Å². The van der Waals surface area contributed by atoms with Gasteiger partial charge in [-0.15, -0.1) is 0 Å². The molecule has 3 N–H and O–H groups in total. The van der Waals surface area contributed by atoms with Crippen LogP contribution in [-0.4, -0.2) is 19.7 Å². The minimum atomic E-state index is 0.484. The molecule has 0 radical (unpaired) electrons. The third kappa shape index (κ3) is 5.52. The first-order chi connectivity index (χ1) is 9.04. The first-order valence-corrected chi connectivity index (χ1v) is 7.20. The van der Waals surface area contributed by atoms with Crippen molar-refractivity contribution in [2.75, 3.05) is 25.0 Å². The second-order valence-corrected chi connectivity index (χ2v) is 5.82. The van der Waals surface area contributed by atoms with E-state index in [2.05, 4.69) is 39.1 Å².